The van der Waals surface area contributed by atoms with Gasteiger partial charge in [0.05, 0.1) is 0 Å². The van der Waals surface area contributed by atoms with E-state index in [1.807, 2.05) is 19.3 Å². The predicted molar refractivity (Wildman–Crippen MR) is 58.1 cm³/mol. The Morgan fingerprint density at radius 3 is 2.64 bits per heavy atom. The van der Waals surface area contributed by atoms with Crippen LogP contribution in [0, 0.1) is 6.92 Å². The molecule has 1 rings (SSSR count). The third kappa shape index (κ3) is 3.70. The molecule has 1 heterocycles. The first-order valence-electron chi connectivity index (χ1n) is 4.97. The van der Waals surface area contributed by atoms with Crippen molar-refractivity contribution in [3.8, 4) is 0 Å². The first-order chi connectivity index (χ1) is 6.72. The number of nitrogens with one attached hydrogen (secondary N) is 1. The van der Waals surface area contributed by atoms with E-state index in [2.05, 4.69) is 22.2 Å². The molecule has 0 radical (unpaired) electrons. The number of aryl methyl sites for hydroxylation is 1. The number of rotatable bonds is 5. The Hall–Kier alpha value is -1.16. The van der Waals surface area contributed by atoms with Gasteiger partial charge in [-0.2, -0.15) is 0 Å². The van der Waals surface area contributed by atoms with Crippen LogP contribution in [-0.2, 0) is 0 Å². The van der Waals surface area contributed by atoms with Crippen molar-refractivity contribution in [3.63, 3.8) is 0 Å². The molecule has 78 valence electrons. The second kappa shape index (κ2) is 5.54. The van der Waals surface area contributed by atoms with E-state index < -0.39 is 0 Å². The van der Waals surface area contributed by atoms with Crippen LogP contribution in [0.3, 0.4) is 0 Å². The van der Waals surface area contributed by atoms with Gasteiger partial charge in [-0.05, 0) is 38.8 Å². The van der Waals surface area contributed by atoms with E-state index in [-0.39, 0.29) is 0 Å². The molecule has 1 aromatic heterocycles. The molecule has 0 aliphatic heterocycles. The second-order valence-electron chi connectivity index (χ2n) is 3.56. The number of nitrogens with two attached hydrogens (primary N) is 1. The molecule has 0 spiro atoms. The normalized spacial score (nSPS) is 12.5. The summed E-state index contributed by atoms with van der Waals surface area (Å²) in [6.07, 6.45) is 5.70. The standard InChI is InChI=1S/C10H18N4/c1-8-6-12-10(13-7-8)14-9(2)4-3-5-11/h6-7,9H,3-5,11H2,1-2H3,(H,12,13,14). The van der Waals surface area contributed by atoms with E-state index in [0.29, 0.717) is 12.0 Å². The summed E-state index contributed by atoms with van der Waals surface area (Å²) in [5.74, 6) is 0.695. The number of anilines is 1. The number of hydrogen-bond acceptors (Lipinski definition) is 4. The summed E-state index contributed by atoms with van der Waals surface area (Å²) >= 11 is 0. The van der Waals surface area contributed by atoms with E-state index in [0.717, 1.165) is 24.9 Å². The maximum absolute atomic E-state index is 5.43. The van der Waals surface area contributed by atoms with Crippen molar-refractivity contribution in [3.05, 3.63) is 18.0 Å². The Bertz CT molecular complexity index is 257. The van der Waals surface area contributed by atoms with Gasteiger partial charge in [0.25, 0.3) is 0 Å². The zero-order valence-electron chi connectivity index (χ0n) is 8.83. The highest BCUT2D eigenvalue weighted by Crippen LogP contribution is 2.04. The van der Waals surface area contributed by atoms with E-state index in [4.69, 9.17) is 5.73 Å². The summed E-state index contributed by atoms with van der Waals surface area (Å²) in [5.41, 5.74) is 6.51. The first-order valence-corrected chi connectivity index (χ1v) is 4.97. The van der Waals surface area contributed by atoms with Crippen molar-refractivity contribution >= 4 is 5.95 Å². The van der Waals surface area contributed by atoms with Gasteiger partial charge in [-0.1, -0.05) is 0 Å². The molecule has 0 saturated carbocycles. The van der Waals surface area contributed by atoms with Crippen molar-refractivity contribution in [2.24, 2.45) is 5.73 Å². The minimum atomic E-state index is 0.376. The fraction of sp³-hybridized carbons (Fsp3) is 0.600. The highest BCUT2D eigenvalue weighted by molar-refractivity contribution is 5.25. The van der Waals surface area contributed by atoms with Crippen molar-refractivity contribution in [2.75, 3.05) is 11.9 Å². The Morgan fingerprint density at radius 2 is 2.07 bits per heavy atom. The summed E-state index contributed by atoms with van der Waals surface area (Å²) in [6, 6.07) is 0.376. The van der Waals surface area contributed by atoms with Crippen LogP contribution in [0.2, 0.25) is 0 Å². The average Bonchev–Trinajstić information content (AvgIpc) is 2.18. The highest BCUT2D eigenvalue weighted by Gasteiger charge is 2.02. The van der Waals surface area contributed by atoms with Crippen LogP contribution in [-0.4, -0.2) is 22.6 Å². The molecule has 1 aromatic rings. The van der Waals surface area contributed by atoms with Gasteiger partial charge in [-0.25, -0.2) is 9.97 Å². The molecule has 1 atom stereocenters. The van der Waals surface area contributed by atoms with Crippen molar-refractivity contribution in [2.45, 2.75) is 32.7 Å². The molecular formula is C10H18N4. The Balaban J connectivity index is 2.39. The predicted octanol–water partition coefficient (Wildman–Crippen LogP) is 1.32. The van der Waals surface area contributed by atoms with Crippen LogP contribution >= 0.6 is 0 Å². The van der Waals surface area contributed by atoms with Gasteiger partial charge in [-0.15, -0.1) is 0 Å². The van der Waals surface area contributed by atoms with Crippen molar-refractivity contribution in [1.29, 1.82) is 0 Å². The first kappa shape index (κ1) is 10.9. The quantitative estimate of drug-likeness (QED) is 0.742. The lowest BCUT2D eigenvalue weighted by molar-refractivity contribution is 0.658. The number of nitrogens with zero attached hydrogens (tertiary/aromatic N) is 2. The molecule has 0 fully saturated rings. The smallest absolute Gasteiger partial charge is 0.222 e. The van der Waals surface area contributed by atoms with Gasteiger partial charge in [0.15, 0.2) is 0 Å². The fourth-order valence-electron chi connectivity index (χ4n) is 1.18. The highest BCUT2D eigenvalue weighted by atomic mass is 15.1. The van der Waals surface area contributed by atoms with Gasteiger partial charge in [0, 0.05) is 18.4 Å². The summed E-state index contributed by atoms with van der Waals surface area (Å²) in [4.78, 5) is 8.35. The maximum atomic E-state index is 5.43. The van der Waals surface area contributed by atoms with Crippen LogP contribution in [0.25, 0.3) is 0 Å². The molecule has 0 aliphatic carbocycles. The van der Waals surface area contributed by atoms with E-state index in [1.165, 1.54) is 0 Å². The van der Waals surface area contributed by atoms with E-state index >= 15 is 0 Å². The lowest BCUT2D eigenvalue weighted by Gasteiger charge is -2.12. The minimum absolute atomic E-state index is 0.376. The van der Waals surface area contributed by atoms with Gasteiger partial charge in [0.2, 0.25) is 5.95 Å². The zero-order valence-corrected chi connectivity index (χ0v) is 8.83. The number of hydrogen-bond donors (Lipinski definition) is 2. The van der Waals surface area contributed by atoms with Crippen LogP contribution in [0.5, 0.6) is 0 Å². The molecule has 4 nitrogen and oxygen atoms in total. The topological polar surface area (TPSA) is 63.8 Å². The lowest BCUT2D eigenvalue weighted by atomic mass is 10.2. The Kier molecular flexibility index (Phi) is 4.32. The Morgan fingerprint density at radius 1 is 1.43 bits per heavy atom. The van der Waals surface area contributed by atoms with Crippen molar-refractivity contribution < 1.29 is 0 Å². The molecule has 14 heavy (non-hydrogen) atoms. The molecular weight excluding hydrogens is 176 g/mol. The van der Waals surface area contributed by atoms with Gasteiger partial charge in [-0.3, -0.25) is 0 Å². The summed E-state index contributed by atoms with van der Waals surface area (Å²) in [5, 5.41) is 3.23. The van der Waals surface area contributed by atoms with Gasteiger partial charge in [0.1, 0.15) is 0 Å². The Labute approximate surface area is 85.0 Å². The van der Waals surface area contributed by atoms with Gasteiger partial charge >= 0.3 is 0 Å². The summed E-state index contributed by atoms with van der Waals surface area (Å²) in [6.45, 7) is 4.82. The van der Waals surface area contributed by atoms with Crippen LogP contribution in [0.1, 0.15) is 25.3 Å². The molecule has 0 aliphatic rings. The van der Waals surface area contributed by atoms with Crippen LogP contribution < -0.4 is 11.1 Å². The molecule has 0 amide bonds. The second-order valence-corrected chi connectivity index (χ2v) is 3.56. The zero-order chi connectivity index (χ0) is 10.4. The summed E-state index contributed by atoms with van der Waals surface area (Å²) < 4.78 is 0. The monoisotopic (exact) mass is 194 g/mol. The number of aromatic nitrogens is 2. The van der Waals surface area contributed by atoms with E-state index in [9.17, 15) is 0 Å². The maximum Gasteiger partial charge on any atom is 0.222 e. The van der Waals surface area contributed by atoms with Crippen LogP contribution in [0.15, 0.2) is 12.4 Å². The third-order valence-electron chi connectivity index (χ3n) is 2.00. The largest absolute Gasteiger partial charge is 0.352 e. The van der Waals surface area contributed by atoms with E-state index in [1.54, 1.807) is 0 Å². The molecule has 0 aromatic carbocycles. The van der Waals surface area contributed by atoms with Gasteiger partial charge < -0.3 is 11.1 Å². The average molecular weight is 194 g/mol. The SMILES string of the molecule is Cc1cnc(NC(C)CCCN)nc1. The summed E-state index contributed by atoms with van der Waals surface area (Å²) in [7, 11) is 0. The molecule has 4 heteroatoms. The minimum Gasteiger partial charge on any atom is -0.352 e. The van der Waals surface area contributed by atoms with Crippen molar-refractivity contribution in [1.82, 2.24) is 9.97 Å². The molecule has 3 N–H and O–H groups in total. The molecule has 0 bridgehead atoms. The molecule has 1 unspecified atom stereocenters. The lowest BCUT2D eigenvalue weighted by Crippen LogP contribution is -2.18. The van der Waals surface area contributed by atoms with Crippen LogP contribution in [0.4, 0.5) is 5.95 Å². The third-order valence-corrected chi connectivity index (χ3v) is 2.00. The molecule has 0 saturated heterocycles. The fourth-order valence-corrected chi connectivity index (χ4v) is 1.18.